The van der Waals surface area contributed by atoms with Crippen molar-refractivity contribution in [1.29, 1.82) is 0 Å². The Morgan fingerprint density at radius 3 is 2.47 bits per heavy atom. The summed E-state index contributed by atoms with van der Waals surface area (Å²) in [6.45, 7) is 2.02. The van der Waals surface area contributed by atoms with Crippen LogP contribution in [0.1, 0.15) is 60.0 Å². The van der Waals surface area contributed by atoms with Gasteiger partial charge >= 0.3 is 5.97 Å². The van der Waals surface area contributed by atoms with E-state index in [1.165, 1.54) is 0 Å². The molecule has 2 aromatic carbocycles. The van der Waals surface area contributed by atoms with Crippen LogP contribution in [0.25, 0.3) is 0 Å². The van der Waals surface area contributed by atoms with Gasteiger partial charge in [-0.05, 0) is 49.4 Å². The molecule has 32 heavy (non-hydrogen) atoms. The fourth-order valence-electron chi connectivity index (χ4n) is 5.58. The van der Waals surface area contributed by atoms with Crippen LogP contribution in [0.2, 0.25) is 0 Å². The predicted octanol–water partition coefficient (Wildman–Crippen LogP) is 3.81. The standard InChI is InChI=1S/C26H30N2O4/c1-3-16-11-13-17(14-12-16)24(30)22(29)15-26(27-2,25(31)32)23-18-7-4-5-9-20(18)28-21-10-6-8-19(21)23/h4-5,7,9,11-14,19,21,23,27-28H,3,6,8,10,15H2,1-2H3,(H,31,32). The first kappa shape index (κ1) is 22.2. The Morgan fingerprint density at radius 2 is 1.81 bits per heavy atom. The maximum absolute atomic E-state index is 13.2. The number of carboxylic acid groups (broad SMARTS) is 1. The summed E-state index contributed by atoms with van der Waals surface area (Å²) in [5.74, 6) is -2.78. The molecule has 1 saturated carbocycles. The smallest absolute Gasteiger partial charge is 0.325 e. The van der Waals surface area contributed by atoms with Crippen LogP contribution >= 0.6 is 0 Å². The molecule has 1 aliphatic heterocycles. The lowest BCUT2D eigenvalue weighted by molar-refractivity contribution is -0.148. The Balaban J connectivity index is 1.71. The van der Waals surface area contributed by atoms with Crippen LogP contribution in [0.3, 0.4) is 0 Å². The highest BCUT2D eigenvalue weighted by Gasteiger charge is 2.55. The Morgan fingerprint density at radius 1 is 1.09 bits per heavy atom. The molecular formula is C26H30N2O4. The lowest BCUT2D eigenvalue weighted by Gasteiger charge is -2.46. The number of aliphatic carboxylic acids is 1. The van der Waals surface area contributed by atoms with Gasteiger partial charge in [-0.2, -0.15) is 0 Å². The van der Waals surface area contributed by atoms with Gasteiger partial charge in [0, 0.05) is 29.6 Å². The second kappa shape index (κ2) is 8.87. The molecule has 0 saturated heterocycles. The van der Waals surface area contributed by atoms with Gasteiger partial charge in [0.15, 0.2) is 0 Å². The predicted molar refractivity (Wildman–Crippen MR) is 123 cm³/mol. The summed E-state index contributed by atoms with van der Waals surface area (Å²) in [4.78, 5) is 38.9. The number of carbonyl (C=O) groups is 3. The van der Waals surface area contributed by atoms with Crippen LogP contribution in [0, 0.1) is 5.92 Å². The Bertz CT molecular complexity index is 1030. The number of hydrogen-bond acceptors (Lipinski definition) is 5. The molecule has 6 heteroatoms. The van der Waals surface area contributed by atoms with Crippen molar-refractivity contribution >= 4 is 23.2 Å². The van der Waals surface area contributed by atoms with Crippen molar-refractivity contribution in [3.05, 3.63) is 65.2 Å². The van der Waals surface area contributed by atoms with Gasteiger partial charge in [-0.3, -0.25) is 14.4 Å². The second-order valence-electron chi connectivity index (χ2n) is 8.92. The van der Waals surface area contributed by atoms with Crippen LogP contribution < -0.4 is 10.6 Å². The van der Waals surface area contributed by atoms with Crippen LogP contribution in [0.4, 0.5) is 5.69 Å². The quantitative estimate of drug-likeness (QED) is 0.432. The van der Waals surface area contributed by atoms with Crippen molar-refractivity contribution in [3.8, 4) is 0 Å². The molecule has 2 aromatic rings. The molecule has 0 amide bonds. The fraction of sp³-hybridized carbons (Fsp3) is 0.423. The monoisotopic (exact) mass is 434 g/mol. The molecule has 0 spiro atoms. The molecule has 1 aliphatic carbocycles. The molecule has 6 nitrogen and oxygen atoms in total. The molecule has 168 valence electrons. The third-order valence-corrected chi connectivity index (χ3v) is 7.31. The summed E-state index contributed by atoms with van der Waals surface area (Å²) in [6, 6.07) is 14.8. The minimum atomic E-state index is -1.57. The SMILES string of the molecule is CCc1ccc(C(=O)C(=O)CC(NC)(C(=O)O)C2c3ccccc3NC3CCCC32)cc1. The molecule has 0 aromatic heterocycles. The number of carboxylic acids is 1. The third kappa shape index (κ3) is 3.73. The van der Waals surface area contributed by atoms with Crippen LogP contribution in [-0.2, 0) is 16.0 Å². The summed E-state index contributed by atoms with van der Waals surface area (Å²) in [7, 11) is 1.58. The number of anilines is 1. The molecule has 2 aliphatic rings. The number of para-hydroxylation sites is 1. The normalized spacial score (nSPS) is 23.4. The zero-order valence-corrected chi connectivity index (χ0v) is 18.6. The van der Waals surface area contributed by atoms with Gasteiger partial charge in [0.2, 0.25) is 11.6 Å². The number of nitrogens with one attached hydrogen (secondary N) is 2. The lowest BCUT2D eigenvalue weighted by Crippen LogP contribution is -2.60. The zero-order valence-electron chi connectivity index (χ0n) is 18.6. The van der Waals surface area contributed by atoms with Crippen molar-refractivity contribution in [1.82, 2.24) is 5.32 Å². The number of fused-ring (bicyclic) bond motifs is 2. The Hall–Kier alpha value is -2.99. The number of rotatable bonds is 8. The summed E-state index contributed by atoms with van der Waals surface area (Å²) >= 11 is 0. The first-order valence-corrected chi connectivity index (χ1v) is 11.4. The van der Waals surface area contributed by atoms with Crippen molar-refractivity contribution in [2.45, 2.75) is 56.5 Å². The fourth-order valence-corrected chi connectivity index (χ4v) is 5.58. The van der Waals surface area contributed by atoms with E-state index in [9.17, 15) is 19.5 Å². The maximum Gasteiger partial charge on any atom is 0.325 e. The van der Waals surface area contributed by atoms with E-state index in [1.807, 2.05) is 43.3 Å². The molecule has 4 unspecified atom stereocenters. The van der Waals surface area contributed by atoms with Gasteiger partial charge < -0.3 is 15.7 Å². The zero-order chi connectivity index (χ0) is 22.9. The van der Waals surface area contributed by atoms with Crippen LogP contribution in [0.15, 0.2) is 48.5 Å². The van der Waals surface area contributed by atoms with Gasteiger partial charge in [-0.15, -0.1) is 0 Å². The van der Waals surface area contributed by atoms with Gasteiger partial charge in [-0.1, -0.05) is 55.8 Å². The number of ketones is 2. The first-order valence-electron chi connectivity index (χ1n) is 11.4. The highest BCUT2D eigenvalue weighted by molar-refractivity contribution is 6.44. The molecule has 3 N–H and O–H groups in total. The van der Waals surface area contributed by atoms with E-state index in [0.717, 1.165) is 42.5 Å². The van der Waals surface area contributed by atoms with Crippen molar-refractivity contribution in [2.24, 2.45) is 5.92 Å². The van der Waals surface area contributed by atoms with E-state index < -0.39 is 35.4 Å². The number of aryl methyl sites for hydroxylation is 1. The molecule has 1 heterocycles. The van der Waals surface area contributed by atoms with Gasteiger partial charge in [0.25, 0.3) is 0 Å². The number of Topliss-reactive ketones (excluding diaryl/α,β-unsaturated/α-hetero) is 2. The molecule has 0 radical (unpaired) electrons. The lowest BCUT2D eigenvalue weighted by atomic mass is 9.65. The summed E-state index contributed by atoms with van der Waals surface area (Å²) < 4.78 is 0. The highest BCUT2D eigenvalue weighted by atomic mass is 16.4. The number of hydrogen-bond donors (Lipinski definition) is 3. The minimum absolute atomic E-state index is 0.0696. The van der Waals surface area contributed by atoms with Crippen molar-refractivity contribution in [3.63, 3.8) is 0 Å². The van der Waals surface area contributed by atoms with E-state index in [0.29, 0.717) is 5.56 Å². The number of likely N-dealkylation sites (N-methyl/N-ethyl adjacent to an activating group) is 1. The summed E-state index contributed by atoms with van der Waals surface area (Å²) in [5, 5.41) is 17.0. The van der Waals surface area contributed by atoms with Crippen LogP contribution in [0.5, 0.6) is 0 Å². The van der Waals surface area contributed by atoms with E-state index in [-0.39, 0.29) is 12.0 Å². The molecule has 4 rings (SSSR count). The highest BCUT2D eigenvalue weighted by Crippen LogP contribution is 2.51. The van der Waals surface area contributed by atoms with Gasteiger partial charge in [-0.25, -0.2) is 0 Å². The topological polar surface area (TPSA) is 95.5 Å². The Labute approximate surface area is 188 Å². The molecule has 1 fully saturated rings. The van der Waals surface area contributed by atoms with Crippen molar-refractivity contribution in [2.75, 3.05) is 12.4 Å². The second-order valence-corrected chi connectivity index (χ2v) is 8.92. The minimum Gasteiger partial charge on any atom is -0.480 e. The summed E-state index contributed by atoms with van der Waals surface area (Å²) in [5.41, 5.74) is 1.60. The first-order chi connectivity index (χ1) is 15.4. The van der Waals surface area contributed by atoms with Crippen LogP contribution in [-0.4, -0.2) is 41.3 Å². The third-order valence-electron chi connectivity index (χ3n) is 7.31. The van der Waals surface area contributed by atoms with Gasteiger partial charge in [0.1, 0.15) is 5.54 Å². The number of benzene rings is 2. The Kier molecular flexibility index (Phi) is 6.15. The molecule has 4 atom stereocenters. The average molecular weight is 435 g/mol. The van der Waals surface area contributed by atoms with E-state index in [4.69, 9.17) is 0 Å². The summed E-state index contributed by atoms with van der Waals surface area (Å²) in [6.07, 6.45) is 3.29. The van der Waals surface area contributed by atoms with Gasteiger partial charge in [0.05, 0.1) is 0 Å². The van der Waals surface area contributed by atoms with E-state index in [1.54, 1.807) is 19.2 Å². The van der Waals surface area contributed by atoms with Crippen molar-refractivity contribution < 1.29 is 19.5 Å². The average Bonchev–Trinajstić information content (AvgIpc) is 3.28. The molecular weight excluding hydrogens is 404 g/mol. The van der Waals surface area contributed by atoms with E-state index >= 15 is 0 Å². The van der Waals surface area contributed by atoms with E-state index in [2.05, 4.69) is 10.6 Å². The maximum atomic E-state index is 13.2. The molecule has 0 bridgehead atoms. The number of carbonyl (C=O) groups excluding carboxylic acids is 2. The largest absolute Gasteiger partial charge is 0.480 e.